The normalized spacial score (nSPS) is 11.8. The molecule has 2 aromatic carbocycles. The molecule has 0 fully saturated rings. The van der Waals surface area contributed by atoms with Gasteiger partial charge in [0.1, 0.15) is 11.2 Å². The van der Waals surface area contributed by atoms with Gasteiger partial charge in [-0.05, 0) is 83.7 Å². The zero-order valence-corrected chi connectivity index (χ0v) is 21.8. The van der Waals surface area contributed by atoms with E-state index in [2.05, 4.69) is 5.32 Å². The van der Waals surface area contributed by atoms with Gasteiger partial charge in [0, 0.05) is 12.5 Å². The minimum absolute atomic E-state index is 0.109. The molecule has 0 atom stereocenters. The second-order valence-corrected chi connectivity index (χ2v) is 10.3. The lowest BCUT2D eigenvalue weighted by Crippen LogP contribution is -2.30. The molecule has 0 aliphatic rings. The molecule has 8 heteroatoms. The lowest BCUT2D eigenvalue weighted by atomic mass is 10.1. The van der Waals surface area contributed by atoms with E-state index in [9.17, 15) is 19.6 Å². The van der Waals surface area contributed by atoms with Crippen LogP contribution in [0.15, 0.2) is 54.6 Å². The molecule has 8 nitrogen and oxygen atoms in total. The van der Waals surface area contributed by atoms with Crippen LogP contribution in [0.1, 0.15) is 65.5 Å². The van der Waals surface area contributed by atoms with E-state index in [4.69, 9.17) is 9.47 Å². The number of rotatable bonds is 8. The van der Waals surface area contributed by atoms with Crippen LogP contribution in [-0.4, -0.2) is 34.4 Å². The molecule has 0 heterocycles. The van der Waals surface area contributed by atoms with Gasteiger partial charge >= 0.3 is 12.1 Å². The Kier molecular flexibility index (Phi) is 9.81. The molecule has 0 saturated carbocycles. The van der Waals surface area contributed by atoms with Gasteiger partial charge in [0.05, 0.1) is 11.4 Å². The number of para-hydroxylation sites is 2. The minimum atomic E-state index is -0.680. The van der Waals surface area contributed by atoms with Crippen LogP contribution >= 0.6 is 0 Å². The number of hydrogen-bond acceptors (Lipinski definition) is 6. The average Bonchev–Trinajstić information content (AvgIpc) is 2.76. The van der Waals surface area contributed by atoms with Crippen molar-refractivity contribution in [2.45, 2.75) is 72.0 Å². The standard InChI is InChI=1S/C28H36N2O6/c1-27(2,3)35-25(32)19-18-21-16-14-20(15-17-21)10-9-13-24(31)30(34)23-12-8-7-11-22(23)29-26(33)36-28(4,5)6/h7-8,11-12,14-19,34H,9-10,13H2,1-6H3,(H,29,33)/b19-18+. The highest BCUT2D eigenvalue weighted by molar-refractivity contribution is 5.98. The number of benzene rings is 2. The Morgan fingerprint density at radius 3 is 2.14 bits per heavy atom. The number of hydroxylamine groups is 1. The van der Waals surface area contributed by atoms with E-state index in [1.54, 1.807) is 45.0 Å². The van der Waals surface area contributed by atoms with E-state index in [1.807, 2.05) is 45.0 Å². The molecule has 2 amide bonds. The largest absolute Gasteiger partial charge is 0.457 e. The molecule has 2 N–H and O–H groups in total. The lowest BCUT2D eigenvalue weighted by molar-refractivity contribution is -0.148. The second kappa shape index (κ2) is 12.4. The van der Waals surface area contributed by atoms with Gasteiger partial charge in [-0.2, -0.15) is 5.06 Å². The highest BCUT2D eigenvalue weighted by Crippen LogP contribution is 2.26. The van der Waals surface area contributed by atoms with Crippen LogP contribution < -0.4 is 10.4 Å². The summed E-state index contributed by atoms with van der Waals surface area (Å²) in [6.45, 7) is 10.7. The van der Waals surface area contributed by atoms with Crippen LogP contribution in [-0.2, 0) is 25.5 Å². The predicted molar refractivity (Wildman–Crippen MR) is 140 cm³/mol. The number of nitrogens with one attached hydrogen (secondary N) is 1. The number of carbonyl (C=O) groups excluding carboxylic acids is 3. The van der Waals surface area contributed by atoms with Gasteiger partial charge in [-0.25, -0.2) is 9.59 Å². The molecule has 0 aliphatic heterocycles. The monoisotopic (exact) mass is 496 g/mol. The first-order chi connectivity index (χ1) is 16.7. The van der Waals surface area contributed by atoms with Gasteiger partial charge in [0.2, 0.25) is 0 Å². The molecular weight excluding hydrogens is 460 g/mol. The third kappa shape index (κ3) is 10.3. The molecule has 0 aromatic heterocycles. The van der Waals surface area contributed by atoms with Gasteiger partial charge in [-0.1, -0.05) is 36.4 Å². The number of aryl methyl sites for hydroxylation is 1. The predicted octanol–water partition coefficient (Wildman–Crippen LogP) is 6.13. The summed E-state index contributed by atoms with van der Waals surface area (Å²) in [5.41, 5.74) is 1.08. The number of anilines is 2. The topological polar surface area (TPSA) is 105 Å². The first kappa shape index (κ1) is 28.6. The van der Waals surface area contributed by atoms with E-state index in [0.717, 1.165) is 11.1 Å². The van der Waals surface area contributed by atoms with Crippen LogP contribution in [0.5, 0.6) is 0 Å². The summed E-state index contributed by atoms with van der Waals surface area (Å²) in [5, 5.41) is 13.6. The Hall–Kier alpha value is -3.65. The molecule has 2 rings (SSSR count). The fourth-order valence-corrected chi connectivity index (χ4v) is 3.16. The van der Waals surface area contributed by atoms with Crippen LogP contribution in [0.25, 0.3) is 6.08 Å². The summed E-state index contributed by atoms with van der Waals surface area (Å²) < 4.78 is 10.5. The smallest absolute Gasteiger partial charge is 0.412 e. The van der Waals surface area contributed by atoms with Crippen molar-refractivity contribution in [2.75, 3.05) is 10.4 Å². The van der Waals surface area contributed by atoms with E-state index >= 15 is 0 Å². The van der Waals surface area contributed by atoms with Crippen LogP contribution in [0.3, 0.4) is 0 Å². The molecule has 0 bridgehead atoms. The van der Waals surface area contributed by atoms with Crippen molar-refractivity contribution >= 4 is 35.4 Å². The lowest BCUT2D eigenvalue weighted by Gasteiger charge is -2.22. The van der Waals surface area contributed by atoms with Gasteiger partial charge in [0.25, 0.3) is 5.91 Å². The van der Waals surface area contributed by atoms with Crippen molar-refractivity contribution in [1.82, 2.24) is 0 Å². The Balaban J connectivity index is 1.89. The van der Waals surface area contributed by atoms with Gasteiger partial charge in [0.15, 0.2) is 0 Å². The van der Waals surface area contributed by atoms with Crippen molar-refractivity contribution in [3.63, 3.8) is 0 Å². The molecule has 0 aliphatic carbocycles. The quantitative estimate of drug-likeness (QED) is 0.197. The Morgan fingerprint density at radius 2 is 1.53 bits per heavy atom. The Labute approximate surface area is 212 Å². The van der Waals surface area contributed by atoms with E-state index < -0.39 is 29.2 Å². The summed E-state index contributed by atoms with van der Waals surface area (Å²) >= 11 is 0. The summed E-state index contributed by atoms with van der Waals surface area (Å²) in [6.07, 6.45) is 3.66. The fraction of sp³-hybridized carbons (Fsp3) is 0.393. The number of hydrogen-bond donors (Lipinski definition) is 2. The number of carbonyl (C=O) groups is 3. The second-order valence-electron chi connectivity index (χ2n) is 10.3. The van der Waals surface area contributed by atoms with Gasteiger partial charge < -0.3 is 9.47 Å². The van der Waals surface area contributed by atoms with Crippen molar-refractivity contribution < 1.29 is 29.1 Å². The molecule has 194 valence electrons. The molecule has 0 unspecified atom stereocenters. The molecular formula is C28H36N2O6. The van der Waals surface area contributed by atoms with Gasteiger partial charge in [-0.3, -0.25) is 15.3 Å². The van der Waals surface area contributed by atoms with Crippen molar-refractivity contribution in [1.29, 1.82) is 0 Å². The minimum Gasteiger partial charge on any atom is -0.457 e. The third-order valence-corrected chi connectivity index (χ3v) is 4.66. The van der Waals surface area contributed by atoms with Crippen LogP contribution in [0, 0.1) is 0 Å². The first-order valence-corrected chi connectivity index (χ1v) is 11.8. The molecule has 0 saturated heterocycles. The Morgan fingerprint density at radius 1 is 0.917 bits per heavy atom. The number of ether oxygens (including phenoxy) is 2. The van der Waals surface area contributed by atoms with Gasteiger partial charge in [-0.15, -0.1) is 0 Å². The van der Waals surface area contributed by atoms with Crippen molar-refractivity contribution in [3.8, 4) is 0 Å². The highest BCUT2D eigenvalue weighted by atomic mass is 16.6. The zero-order chi connectivity index (χ0) is 26.9. The molecule has 2 aromatic rings. The van der Waals surface area contributed by atoms with Crippen LogP contribution in [0.2, 0.25) is 0 Å². The van der Waals surface area contributed by atoms with Crippen molar-refractivity contribution in [3.05, 3.63) is 65.7 Å². The first-order valence-electron chi connectivity index (χ1n) is 11.8. The summed E-state index contributed by atoms with van der Waals surface area (Å²) in [6, 6.07) is 14.1. The Bertz CT molecular complexity index is 1080. The molecule has 36 heavy (non-hydrogen) atoms. The highest BCUT2D eigenvalue weighted by Gasteiger charge is 2.20. The van der Waals surface area contributed by atoms with Crippen LogP contribution in [0.4, 0.5) is 16.2 Å². The van der Waals surface area contributed by atoms with Crippen molar-refractivity contribution in [2.24, 2.45) is 0 Å². The molecule has 0 spiro atoms. The zero-order valence-electron chi connectivity index (χ0n) is 21.8. The third-order valence-electron chi connectivity index (χ3n) is 4.66. The summed E-state index contributed by atoms with van der Waals surface area (Å²) in [4.78, 5) is 36.5. The number of nitrogens with zero attached hydrogens (tertiary/aromatic N) is 1. The van der Waals surface area contributed by atoms with E-state index in [0.29, 0.717) is 17.9 Å². The maximum atomic E-state index is 12.6. The fourth-order valence-electron chi connectivity index (χ4n) is 3.16. The van der Waals surface area contributed by atoms with E-state index in [-0.39, 0.29) is 17.8 Å². The maximum Gasteiger partial charge on any atom is 0.412 e. The summed E-state index contributed by atoms with van der Waals surface area (Å²) in [7, 11) is 0. The number of amides is 2. The summed E-state index contributed by atoms with van der Waals surface area (Å²) in [5.74, 6) is -0.896. The average molecular weight is 497 g/mol. The molecule has 0 radical (unpaired) electrons. The maximum absolute atomic E-state index is 12.6. The SMILES string of the molecule is CC(C)(C)OC(=O)/C=C/c1ccc(CCCC(=O)N(O)c2ccccc2NC(=O)OC(C)(C)C)cc1. The van der Waals surface area contributed by atoms with E-state index in [1.165, 1.54) is 12.1 Å². The number of esters is 1.